The molecule has 3 fully saturated rings. The van der Waals surface area contributed by atoms with Crippen molar-refractivity contribution in [3.8, 4) is 0 Å². The summed E-state index contributed by atoms with van der Waals surface area (Å²) in [5, 5.41) is 0. The van der Waals surface area contributed by atoms with E-state index >= 15 is 0 Å². The lowest BCUT2D eigenvalue weighted by atomic mass is 9.48. The monoisotopic (exact) mass is 482 g/mol. The third-order valence-corrected chi connectivity index (χ3v) is 10.00. The third kappa shape index (κ3) is 4.91. The smallest absolute Gasteiger partial charge is 0.302 e. The summed E-state index contributed by atoms with van der Waals surface area (Å²) < 4.78 is 11.7. The van der Waals surface area contributed by atoms with E-state index in [0.29, 0.717) is 11.8 Å². The number of carbonyl (C=O) groups is 2. The van der Waals surface area contributed by atoms with Crippen molar-refractivity contribution < 1.29 is 19.1 Å². The fraction of sp³-hybridized carbons (Fsp3) is 0.742. The van der Waals surface area contributed by atoms with Gasteiger partial charge in [-0.3, -0.25) is 9.59 Å². The van der Waals surface area contributed by atoms with Gasteiger partial charge in [-0.1, -0.05) is 48.3 Å². The molecule has 0 aromatic rings. The fourth-order valence-corrected chi connectivity index (χ4v) is 8.44. The summed E-state index contributed by atoms with van der Waals surface area (Å²) in [7, 11) is 0. The number of fused-ring (bicyclic) bond motifs is 5. The molecule has 0 bridgehead atoms. The Hall–Kier alpha value is -1.84. The SMILES string of the molecule is CC(=O)O[C@H]1CC[C@]2(C)C3=CC[C@]4(C)/C(=C(/C)CCC=C(C)C)CC[C@H]4[C@@H]3C[C@H](OC(C)=O)[C@H]2C1. The van der Waals surface area contributed by atoms with Crippen LogP contribution in [0.15, 0.2) is 34.4 Å². The minimum Gasteiger partial charge on any atom is -0.463 e. The van der Waals surface area contributed by atoms with Gasteiger partial charge in [-0.25, -0.2) is 0 Å². The van der Waals surface area contributed by atoms with Gasteiger partial charge in [-0.05, 0) is 101 Å². The first kappa shape index (κ1) is 26.2. The van der Waals surface area contributed by atoms with Crippen molar-refractivity contribution in [2.24, 2.45) is 28.6 Å². The topological polar surface area (TPSA) is 52.6 Å². The molecule has 7 atom stereocenters. The van der Waals surface area contributed by atoms with E-state index < -0.39 is 0 Å². The maximum absolute atomic E-state index is 12.2. The second-order valence-electron chi connectivity index (χ2n) is 12.5. The normalized spacial score (nSPS) is 39.4. The molecule has 0 amide bonds. The molecule has 194 valence electrons. The van der Waals surface area contributed by atoms with E-state index in [1.165, 1.54) is 32.3 Å². The Morgan fingerprint density at radius 2 is 1.69 bits per heavy atom. The molecule has 35 heavy (non-hydrogen) atoms. The van der Waals surface area contributed by atoms with Gasteiger partial charge < -0.3 is 9.47 Å². The van der Waals surface area contributed by atoms with Gasteiger partial charge in [0.1, 0.15) is 12.2 Å². The molecule has 0 unspecified atom stereocenters. The second kappa shape index (κ2) is 9.90. The largest absolute Gasteiger partial charge is 0.463 e. The zero-order valence-electron chi connectivity index (χ0n) is 23.0. The van der Waals surface area contributed by atoms with Crippen LogP contribution < -0.4 is 0 Å². The first-order chi connectivity index (χ1) is 16.5. The van der Waals surface area contributed by atoms with Crippen LogP contribution in [0, 0.1) is 28.6 Å². The molecule has 0 N–H and O–H groups in total. The van der Waals surface area contributed by atoms with Gasteiger partial charge in [0.2, 0.25) is 0 Å². The van der Waals surface area contributed by atoms with E-state index in [9.17, 15) is 9.59 Å². The number of hydrogen-bond donors (Lipinski definition) is 0. The van der Waals surface area contributed by atoms with Crippen LogP contribution in [0.2, 0.25) is 0 Å². The number of rotatable bonds is 5. The lowest BCUT2D eigenvalue weighted by Gasteiger charge is -2.58. The molecule has 0 aromatic heterocycles. The highest BCUT2D eigenvalue weighted by Crippen LogP contribution is 2.66. The summed E-state index contributed by atoms with van der Waals surface area (Å²) in [6.07, 6.45) is 14.2. The standard InChI is InChI=1S/C31H46O4/c1-19(2)9-8-10-20(3)25-11-12-26-24-18-29(35-22(5)33)28-17-23(34-21(4)32)13-15-31(28,7)27(24)14-16-30(25,26)6/h9,14,23-24,26,28-29H,8,10-13,15-18H2,1-7H3/b25-20-/t23-,24-,26-,28+,29-,30+,31+/m0/s1. The van der Waals surface area contributed by atoms with Gasteiger partial charge in [-0.2, -0.15) is 0 Å². The number of esters is 2. The molecule has 0 heterocycles. The summed E-state index contributed by atoms with van der Waals surface area (Å²) in [6.45, 7) is 14.6. The van der Waals surface area contributed by atoms with E-state index in [2.05, 4.69) is 46.8 Å². The van der Waals surface area contributed by atoms with Gasteiger partial charge in [0, 0.05) is 19.8 Å². The van der Waals surface area contributed by atoms with Crippen molar-refractivity contribution in [3.05, 3.63) is 34.4 Å². The van der Waals surface area contributed by atoms with Crippen molar-refractivity contribution >= 4 is 11.9 Å². The zero-order valence-corrected chi connectivity index (χ0v) is 23.0. The number of carbonyl (C=O) groups excluding carboxylic acids is 2. The molecule has 0 saturated heterocycles. The maximum atomic E-state index is 12.2. The summed E-state index contributed by atoms with van der Waals surface area (Å²) in [5.74, 6) is 0.874. The molecule has 0 aliphatic heterocycles. The highest BCUT2D eigenvalue weighted by molar-refractivity contribution is 5.66. The Morgan fingerprint density at radius 3 is 2.34 bits per heavy atom. The fourth-order valence-electron chi connectivity index (χ4n) is 8.44. The van der Waals surface area contributed by atoms with Crippen molar-refractivity contribution in [2.75, 3.05) is 0 Å². The number of allylic oxidation sites excluding steroid dienone is 6. The summed E-state index contributed by atoms with van der Waals surface area (Å²) in [6, 6.07) is 0. The van der Waals surface area contributed by atoms with Crippen LogP contribution >= 0.6 is 0 Å². The highest BCUT2D eigenvalue weighted by Gasteiger charge is 2.59. The van der Waals surface area contributed by atoms with Crippen LogP contribution in [0.25, 0.3) is 0 Å². The molecule has 4 rings (SSSR count). The van der Waals surface area contributed by atoms with E-state index in [1.807, 2.05) is 0 Å². The zero-order chi connectivity index (χ0) is 25.5. The molecular formula is C31H46O4. The summed E-state index contributed by atoms with van der Waals surface area (Å²) in [4.78, 5) is 23.8. The molecule has 0 radical (unpaired) electrons. The van der Waals surface area contributed by atoms with Gasteiger partial charge in [0.25, 0.3) is 0 Å². The van der Waals surface area contributed by atoms with Crippen molar-refractivity contribution in [1.82, 2.24) is 0 Å². The number of ether oxygens (including phenoxy) is 2. The Balaban J connectivity index is 1.65. The third-order valence-electron chi connectivity index (χ3n) is 10.00. The molecule has 3 saturated carbocycles. The van der Waals surface area contributed by atoms with E-state index in [1.54, 1.807) is 16.7 Å². The van der Waals surface area contributed by atoms with E-state index in [4.69, 9.17) is 9.47 Å². The second-order valence-corrected chi connectivity index (χ2v) is 12.5. The molecule has 4 heteroatoms. The van der Waals surface area contributed by atoms with Gasteiger partial charge in [-0.15, -0.1) is 0 Å². The summed E-state index contributed by atoms with van der Waals surface area (Å²) in [5.41, 5.74) is 6.50. The van der Waals surface area contributed by atoms with Crippen LogP contribution in [0.4, 0.5) is 0 Å². The lowest BCUT2D eigenvalue weighted by molar-refractivity contribution is -0.167. The highest BCUT2D eigenvalue weighted by atomic mass is 16.5. The molecule has 4 aliphatic rings. The average molecular weight is 483 g/mol. The minimum absolute atomic E-state index is 0.00592. The van der Waals surface area contributed by atoms with Crippen molar-refractivity contribution in [2.45, 2.75) is 118 Å². The quantitative estimate of drug-likeness (QED) is 0.301. The molecular weight excluding hydrogens is 436 g/mol. The number of hydrogen-bond acceptors (Lipinski definition) is 4. The van der Waals surface area contributed by atoms with Crippen LogP contribution in [-0.4, -0.2) is 24.1 Å². The Labute approximate surface area is 212 Å². The lowest BCUT2D eigenvalue weighted by Crippen LogP contribution is -2.54. The van der Waals surface area contributed by atoms with Gasteiger partial charge in [0.05, 0.1) is 0 Å². The Bertz CT molecular complexity index is 951. The van der Waals surface area contributed by atoms with E-state index in [0.717, 1.165) is 44.9 Å². The van der Waals surface area contributed by atoms with Gasteiger partial charge in [0.15, 0.2) is 0 Å². The molecule has 4 nitrogen and oxygen atoms in total. The average Bonchev–Trinajstić information content (AvgIpc) is 3.11. The maximum Gasteiger partial charge on any atom is 0.302 e. The van der Waals surface area contributed by atoms with Gasteiger partial charge >= 0.3 is 11.9 Å². The first-order valence-electron chi connectivity index (χ1n) is 13.8. The van der Waals surface area contributed by atoms with Crippen LogP contribution in [0.1, 0.15) is 106 Å². The first-order valence-corrected chi connectivity index (χ1v) is 13.8. The van der Waals surface area contributed by atoms with Crippen LogP contribution in [-0.2, 0) is 19.1 Å². The van der Waals surface area contributed by atoms with Crippen LogP contribution in [0.3, 0.4) is 0 Å². The Kier molecular flexibility index (Phi) is 7.42. The van der Waals surface area contributed by atoms with Crippen molar-refractivity contribution in [3.63, 3.8) is 0 Å². The predicted molar refractivity (Wildman–Crippen MR) is 140 cm³/mol. The minimum atomic E-state index is -0.214. The molecule has 0 spiro atoms. The summed E-state index contributed by atoms with van der Waals surface area (Å²) >= 11 is 0. The molecule has 4 aliphatic carbocycles. The predicted octanol–water partition coefficient (Wildman–Crippen LogP) is 7.49. The van der Waals surface area contributed by atoms with E-state index in [-0.39, 0.29) is 40.9 Å². The Morgan fingerprint density at radius 1 is 0.971 bits per heavy atom. The molecule has 0 aromatic carbocycles. The van der Waals surface area contributed by atoms with Crippen LogP contribution in [0.5, 0.6) is 0 Å². The van der Waals surface area contributed by atoms with Crippen molar-refractivity contribution in [1.29, 1.82) is 0 Å².